The largest absolute Gasteiger partial charge is 0.435 e. The van der Waals surface area contributed by atoms with E-state index >= 15 is 0 Å². The van der Waals surface area contributed by atoms with Crippen LogP contribution in [0.2, 0.25) is 0 Å². The fraction of sp³-hybridized carbons (Fsp3) is 0. The van der Waals surface area contributed by atoms with Crippen molar-refractivity contribution in [1.29, 1.82) is 0 Å². The standard InChI is InChI=1S/C52H30N6OS/c1-3-14-31(15-4-1)51-53-41-22-13-21-40(48(41)59-51)50-54-49(32-26-27-37-36-20-9-12-25-44(36)60-45(37)30-32)55-52(56-50)58-43-24-11-8-19-35(43)39-29-28-38-34-18-7-10-23-42(34)57(46(38)47(39)58)33-16-5-2-6-17-33/h1-30H. The van der Waals surface area contributed by atoms with Crippen molar-refractivity contribution in [1.82, 2.24) is 29.1 Å². The highest BCUT2D eigenvalue weighted by Crippen LogP contribution is 2.42. The number of hydrogen-bond donors (Lipinski definition) is 0. The molecule has 0 saturated heterocycles. The zero-order valence-corrected chi connectivity index (χ0v) is 32.6. The Bertz CT molecular complexity index is 3840. The van der Waals surface area contributed by atoms with Crippen molar-refractivity contribution in [2.75, 3.05) is 0 Å². The molecular weight excluding hydrogens is 757 g/mol. The first-order valence-electron chi connectivity index (χ1n) is 19.9. The predicted molar refractivity (Wildman–Crippen MR) is 245 cm³/mol. The summed E-state index contributed by atoms with van der Waals surface area (Å²) in [7, 11) is 0. The molecule has 0 saturated carbocycles. The zero-order chi connectivity index (χ0) is 39.3. The van der Waals surface area contributed by atoms with Gasteiger partial charge < -0.3 is 8.98 Å². The van der Waals surface area contributed by atoms with Gasteiger partial charge in [0.15, 0.2) is 17.2 Å². The summed E-state index contributed by atoms with van der Waals surface area (Å²) in [6.07, 6.45) is 0. The summed E-state index contributed by atoms with van der Waals surface area (Å²) in [6, 6.07) is 63.3. The lowest BCUT2D eigenvalue weighted by Crippen LogP contribution is -2.07. The molecule has 0 radical (unpaired) electrons. The summed E-state index contributed by atoms with van der Waals surface area (Å²) in [5.74, 6) is 2.11. The maximum atomic E-state index is 6.58. The van der Waals surface area contributed by atoms with Gasteiger partial charge in [-0.15, -0.1) is 11.3 Å². The minimum Gasteiger partial charge on any atom is -0.435 e. The number of aromatic nitrogens is 6. The van der Waals surface area contributed by atoms with Gasteiger partial charge in [-0.25, -0.2) is 9.97 Å². The Morgan fingerprint density at radius 3 is 1.82 bits per heavy atom. The van der Waals surface area contributed by atoms with Crippen molar-refractivity contribution >= 4 is 86.2 Å². The number of para-hydroxylation sites is 4. The second-order valence-corrected chi connectivity index (χ2v) is 16.1. The molecule has 5 aromatic heterocycles. The second kappa shape index (κ2) is 12.8. The quantitative estimate of drug-likeness (QED) is 0.174. The van der Waals surface area contributed by atoms with Crippen LogP contribution >= 0.6 is 11.3 Å². The first-order valence-corrected chi connectivity index (χ1v) is 20.7. The lowest BCUT2D eigenvalue weighted by atomic mass is 10.1. The lowest BCUT2D eigenvalue weighted by Gasteiger charge is -2.13. The Balaban J connectivity index is 1.15. The Kier molecular flexibility index (Phi) is 7.05. The molecule has 0 aliphatic heterocycles. The third kappa shape index (κ3) is 4.88. The predicted octanol–water partition coefficient (Wildman–Crippen LogP) is 13.6. The molecule has 0 spiro atoms. The maximum absolute atomic E-state index is 6.58. The summed E-state index contributed by atoms with van der Waals surface area (Å²) < 4.78 is 13.6. The van der Waals surface area contributed by atoms with E-state index in [2.05, 4.69) is 143 Å². The highest BCUT2D eigenvalue weighted by molar-refractivity contribution is 7.25. The third-order valence-corrected chi connectivity index (χ3v) is 12.8. The summed E-state index contributed by atoms with van der Waals surface area (Å²) in [5.41, 5.74) is 9.18. The number of thiophene rings is 1. The summed E-state index contributed by atoms with van der Waals surface area (Å²) >= 11 is 1.78. The monoisotopic (exact) mass is 786 g/mol. The molecule has 8 heteroatoms. The Hall–Kier alpha value is -7.94. The fourth-order valence-electron chi connectivity index (χ4n) is 8.96. The minimum atomic E-state index is 0.495. The van der Waals surface area contributed by atoms with Gasteiger partial charge in [-0.3, -0.25) is 4.57 Å². The highest BCUT2D eigenvalue weighted by atomic mass is 32.1. The second-order valence-electron chi connectivity index (χ2n) is 15.0. The molecule has 0 aliphatic rings. The topological polar surface area (TPSA) is 74.6 Å². The van der Waals surface area contributed by atoms with Crippen LogP contribution in [0, 0.1) is 0 Å². The number of hydrogen-bond acceptors (Lipinski definition) is 6. The zero-order valence-electron chi connectivity index (χ0n) is 31.8. The van der Waals surface area contributed by atoms with E-state index in [1.807, 2.05) is 48.5 Å². The molecule has 0 aliphatic carbocycles. The number of oxazole rings is 1. The van der Waals surface area contributed by atoms with Crippen molar-refractivity contribution < 1.29 is 4.42 Å². The van der Waals surface area contributed by atoms with Crippen molar-refractivity contribution in [3.63, 3.8) is 0 Å². The molecule has 8 aromatic carbocycles. The molecule has 0 N–H and O–H groups in total. The van der Waals surface area contributed by atoms with E-state index in [1.54, 1.807) is 11.3 Å². The van der Waals surface area contributed by atoms with Crippen molar-refractivity contribution in [3.8, 4) is 45.9 Å². The van der Waals surface area contributed by atoms with Crippen molar-refractivity contribution in [2.45, 2.75) is 0 Å². The molecule has 0 unspecified atom stereocenters. The molecule has 7 nitrogen and oxygen atoms in total. The number of rotatable bonds is 5. The summed E-state index contributed by atoms with van der Waals surface area (Å²) in [5, 5.41) is 7.01. The fourth-order valence-corrected chi connectivity index (χ4v) is 10.1. The van der Waals surface area contributed by atoms with Gasteiger partial charge in [0.2, 0.25) is 11.8 Å². The van der Waals surface area contributed by atoms with Gasteiger partial charge in [-0.2, -0.15) is 9.97 Å². The first-order chi connectivity index (χ1) is 29.7. The SMILES string of the molecule is c1ccc(-c2nc3cccc(-c4nc(-c5ccc6c(c5)sc5ccccc56)nc(-n5c6ccccc6c6ccc7c8ccccc8n(-c8ccccc8)c7c65)n4)c3o2)cc1. The van der Waals surface area contributed by atoms with Gasteiger partial charge >= 0.3 is 0 Å². The number of benzene rings is 8. The van der Waals surface area contributed by atoms with Gasteiger partial charge in [-0.05, 0) is 60.7 Å². The first kappa shape index (κ1) is 33.1. The van der Waals surface area contributed by atoms with Gasteiger partial charge in [0.1, 0.15) is 5.52 Å². The summed E-state index contributed by atoms with van der Waals surface area (Å²) in [4.78, 5) is 21.0. The van der Waals surface area contributed by atoms with Crippen LogP contribution in [-0.4, -0.2) is 29.1 Å². The molecular formula is C52H30N6OS. The van der Waals surface area contributed by atoms with Crippen LogP contribution in [0.25, 0.3) is 121 Å². The maximum Gasteiger partial charge on any atom is 0.238 e. The van der Waals surface area contributed by atoms with Gasteiger partial charge in [0, 0.05) is 58.5 Å². The molecule has 60 heavy (non-hydrogen) atoms. The van der Waals surface area contributed by atoms with Gasteiger partial charge in [-0.1, -0.05) is 121 Å². The molecule has 0 bridgehead atoms. The molecule has 13 aromatic rings. The Labute approximate surface area is 346 Å². The summed E-state index contributed by atoms with van der Waals surface area (Å²) in [6.45, 7) is 0. The lowest BCUT2D eigenvalue weighted by molar-refractivity contribution is 0.620. The highest BCUT2D eigenvalue weighted by Gasteiger charge is 2.24. The Morgan fingerprint density at radius 2 is 1.03 bits per heavy atom. The van der Waals surface area contributed by atoms with E-state index in [4.69, 9.17) is 24.4 Å². The van der Waals surface area contributed by atoms with Crippen molar-refractivity contribution in [2.24, 2.45) is 0 Å². The molecule has 13 rings (SSSR count). The third-order valence-electron chi connectivity index (χ3n) is 11.6. The number of fused-ring (bicyclic) bond motifs is 11. The van der Waals surface area contributed by atoms with E-state index in [1.165, 1.54) is 25.6 Å². The molecule has 5 heterocycles. The molecule has 0 fully saturated rings. The average molecular weight is 787 g/mol. The Morgan fingerprint density at radius 1 is 0.417 bits per heavy atom. The van der Waals surface area contributed by atoms with E-state index in [-0.39, 0.29) is 0 Å². The van der Waals surface area contributed by atoms with Gasteiger partial charge in [0.25, 0.3) is 0 Å². The van der Waals surface area contributed by atoms with Crippen LogP contribution in [0.1, 0.15) is 0 Å². The van der Waals surface area contributed by atoms with E-state index in [0.717, 1.165) is 66.1 Å². The average Bonchev–Trinajstić information content (AvgIpc) is 4.08. The minimum absolute atomic E-state index is 0.495. The molecule has 0 atom stereocenters. The smallest absolute Gasteiger partial charge is 0.238 e. The van der Waals surface area contributed by atoms with Crippen LogP contribution in [0.3, 0.4) is 0 Å². The van der Waals surface area contributed by atoms with E-state index in [9.17, 15) is 0 Å². The molecule has 280 valence electrons. The van der Waals surface area contributed by atoms with Crippen LogP contribution in [0.15, 0.2) is 186 Å². The van der Waals surface area contributed by atoms with Crippen LogP contribution in [0.4, 0.5) is 0 Å². The molecule has 0 amide bonds. The van der Waals surface area contributed by atoms with E-state index in [0.29, 0.717) is 29.1 Å². The number of nitrogens with zero attached hydrogens (tertiary/aromatic N) is 6. The van der Waals surface area contributed by atoms with Gasteiger partial charge in [0.05, 0.1) is 27.6 Å². The normalized spacial score (nSPS) is 12.0. The van der Waals surface area contributed by atoms with Crippen molar-refractivity contribution in [3.05, 3.63) is 182 Å². The van der Waals surface area contributed by atoms with E-state index < -0.39 is 0 Å². The van der Waals surface area contributed by atoms with Crippen LogP contribution < -0.4 is 0 Å². The van der Waals surface area contributed by atoms with Crippen LogP contribution in [-0.2, 0) is 0 Å². The van der Waals surface area contributed by atoms with Crippen LogP contribution in [0.5, 0.6) is 0 Å².